The van der Waals surface area contributed by atoms with Crippen LogP contribution in [0, 0.1) is 10.1 Å². The molecule has 1 atom stereocenters. The van der Waals surface area contributed by atoms with Crippen LogP contribution in [-0.2, 0) is 4.79 Å². The lowest BCUT2D eigenvalue weighted by Crippen LogP contribution is -2.87. The third kappa shape index (κ3) is 4.34. The molecule has 2 aromatic carbocycles. The van der Waals surface area contributed by atoms with Gasteiger partial charge in [0, 0.05) is 23.4 Å². The third-order valence-electron chi connectivity index (χ3n) is 3.91. The zero-order valence-electron chi connectivity index (χ0n) is 13.9. The number of nitrogens with zero attached hydrogens (tertiary/aromatic N) is 1. The zero-order chi connectivity index (χ0) is 18.4. The second-order valence-corrected chi connectivity index (χ2v) is 5.70. The molecule has 0 radical (unpaired) electrons. The number of benzene rings is 2. The normalized spacial score (nSPS) is 11.7. The second kappa shape index (κ2) is 8.09. The molecule has 7 heteroatoms. The molecule has 26 heavy (non-hydrogen) atoms. The molecule has 1 amide bonds. The summed E-state index contributed by atoms with van der Waals surface area (Å²) in [6.07, 6.45) is 1.61. The Morgan fingerprint density at radius 3 is 2.42 bits per heavy atom. The number of hydrogen-bond acceptors (Lipinski definition) is 4. The number of nitro benzene ring substituents is 1. The molecule has 0 saturated heterocycles. The number of nitrogens with one attached hydrogen (secondary N) is 1. The van der Waals surface area contributed by atoms with Crippen molar-refractivity contribution in [3.05, 3.63) is 94.4 Å². The Balaban J connectivity index is 1.63. The number of non-ortho nitro benzene ring substituents is 1. The van der Waals surface area contributed by atoms with Crippen molar-refractivity contribution in [2.75, 3.05) is 11.9 Å². The van der Waals surface area contributed by atoms with E-state index in [9.17, 15) is 14.9 Å². The Morgan fingerprint density at radius 2 is 1.81 bits per heavy atom. The summed E-state index contributed by atoms with van der Waals surface area (Å²) in [6.45, 7) is 0.178. The van der Waals surface area contributed by atoms with Gasteiger partial charge in [-0.05, 0) is 24.3 Å². The Labute approximate surface area is 149 Å². The highest BCUT2D eigenvalue weighted by atomic mass is 16.6. The van der Waals surface area contributed by atoms with Gasteiger partial charge < -0.3 is 15.1 Å². The minimum absolute atomic E-state index is 0.0171. The average molecular weight is 352 g/mol. The van der Waals surface area contributed by atoms with Crippen LogP contribution in [0.1, 0.15) is 17.4 Å². The highest BCUT2D eigenvalue weighted by Gasteiger charge is 2.21. The Morgan fingerprint density at radius 1 is 1.08 bits per heavy atom. The number of quaternary nitrogens is 1. The van der Waals surface area contributed by atoms with E-state index in [4.69, 9.17) is 4.42 Å². The molecule has 3 aromatic rings. The maximum absolute atomic E-state index is 12.2. The summed E-state index contributed by atoms with van der Waals surface area (Å²) in [6, 6.07) is 19.1. The second-order valence-electron chi connectivity index (χ2n) is 5.70. The highest BCUT2D eigenvalue weighted by molar-refractivity contribution is 5.91. The number of anilines is 1. The summed E-state index contributed by atoms with van der Waals surface area (Å²) in [4.78, 5) is 22.4. The molecule has 0 bridgehead atoms. The molecule has 7 nitrogen and oxygen atoms in total. The van der Waals surface area contributed by atoms with Gasteiger partial charge in [-0.1, -0.05) is 30.3 Å². The van der Waals surface area contributed by atoms with Crippen molar-refractivity contribution in [1.29, 1.82) is 0 Å². The highest BCUT2D eigenvalue weighted by Crippen LogP contribution is 2.18. The molecule has 0 saturated carbocycles. The van der Waals surface area contributed by atoms with Gasteiger partial charge in [0.15, 0.2) is 18.3 Å². The lowest BCUT2D eigenvalue weighted by Gasteiger charge is -2.14. The van der Waals surface area contributed by atoms with E-state index in [1.807, 2.05) is 47.8 Å². The number of rotatable bonds is 7. The number of nitrogens with two attached hydrogens (primary N) is 1. The Kier molecular flexibility index (Phi) is 5.40. The van der Waals surface area contributed by atoms with Crippen LogP contribution in [0.2, 0.25) is 0 Å². The summed E-state index contributed by atoms with van der Waals surface area (Å²) < 4.78 is 5.51. The first-order chi connectivity index (χ1) is 12.6. The largest absolute Gasteiger partial charge is 0.463 e. The fourth-order valence-electron chi connectivity index (χ4n) is 2.65. The molecule has 0 unspecified atom stereocenters. The maximum Gasteiger partial charge on any atom is 0.279 e. The molecule has 3 rings (SSSR count). The molecule has 0 spiro atoms. The third-order valence-corrected chi connectivity index (χ3v) is 3.91. The van der Waals surface area contributed by atoms with E-state index < -0.39 is 4.92 Å². The molecule has 0 aliphatic carbocycles. The van der Waals surface area contributed by atoms with Crippen LogP contribution in [0.15, 0.2) is 77.4 Å². The van der Waals surface area contributed by atoms with Crippen molar-refractivity contribution < 1.29 is 19.5 Å². The standard InChI is InChI=1S/C19H17N3O4/c23-18(21-15-8-10-16(11-9-15)22(24)25)13-20-19(17-7-4-12-26-17)14-5-2-1-3-6-14/h1-12,19-20H,13H2,(H,21,23)/p+1/t19-/m1/s1. The van der Waals surface area contributed by atoms with E-state index in [0.29, 0.717) is 5.69 Å². The zero-order valence-corrected chi connectivity index (χ0v) is 13.9. The SMILES string of the molecule is O=C(C[NH2+][C@H](c1ccccc1)c1ccco1)Nc1ccc([N+](=O)[O-])cc1. The molecule has 0 fully saturated rings. The fraction of sp³-hybridized carbons (Fsp3) is 0.105. The molecule has 0 aliphatic heterocycles. The van der Waals surface area contributed by atoms with Crippen LogP contribution in [0.3, 0.4) is 0 Å². The van der Waals surface area contributed by atoms with Crippen LogP contribution in [0.25, 0.3) is 0 Å². The summed E-state index contributed by atoms with van der Waals surface area (Å²) >= 11 is 0. The predicted molar refractivity (Wildman–Crippen MR) is 95.5 cm³/mol. The topological polar surface area (TPSA) is 102 Å². The van der Waals surface area contributed by atoms with Gasteiger partial charge in [-0.25, -0.2) is 0 Å². The molecule has 1 heterocycles. The maximum atomic E-state index is 12.2. The predicted octanol–water partition coefficient (Wildman–Crippen LogP) is 2.48. The van der Waals surface area contributed by atoms with Crippen LogP contribution >= 0.6 is 0 Å². The minimum Gasteiger partial charge on any atom is -0.463 e. The van der Waals surface area contributed by atoms with E-state index >= 15 is 0 Å². The van der Waals surface area contributed by atoms with Gasteiger partial charge in [0.2, 0.25) is 0 Å². The number of hydrogen-bond donors (Lipinski definition) is 2. The summed E-state index contributed by atoms with van der Waals surface area (Å²) in [5.41, 5.74) is 1.53. The minimum atomic E-state index is -0.479. The monoisotopic (exact) mass is 352 g/mol. The van der Waals surface area contributed by atoms with E-state index in [-0.39, 0.29) is 24.2 Å². The first kappa shape index (κ1) is 17.4. The summed E-state index contributed by atoms with van der Waals surface area (Å²) in [7, 11) is 0. The van der Waals surface area contributed by atoms with E-state index in [0.717, 1.165) is 11.3 Å². The number of furan rings is 1. The molecular weight excluding hydrogens is 334 g/mol. The van der Waals surface area contributed by atoms with Gasteiger partial charge in [0.1, 0.15) is 0 Å². The molecule has 132 valence electrons. The number of carbonyl (C=O) groups is 1. The van der Waals surface area contributed by atoms with Gasteiger partial charge in [-0.3, -0.25) is 14.9 Å². The van der Waals surface area contributed by atoms with E-state index in [1.54, 1.807) is 6.26 Å². The van der Waals surface area contributed by atoms with Gasteiger partial charge in [0.25, 0.3) is 11.6 Å². The smallest absolute Gasteiger partial charge is 0.279 e. The van der Waals surface area contributed by atoms with Crippen LogP contribution in [-0.4, -0.2) is 17.4 Å². The number of amides is 1. The average Bonchev–Trinajstić information content (AvgIpc) is 3.17. The molecular formula is C19H18N3O4+. The van der Waals surface area contributed by atoms with Crippen molar-refractivity contribution in [2.24, 2.45) is 0 Å². The fourth-order valence-corrected chi connectivity index (χ4v) is 2.65. The first-order valence-corrected chi connectivity index (χ1v) is 8.09. The first-order valence-electron chi connectivity index (χ1n) is 8.09. The Hall–Kier alpha value is -3.45. The van der Waals surface area contributed by atoms with Crippen molar-refractivity contribution in [2.45, 2.75) is 6.04 Å². The van der Waals surface area contributed by atoms with Crippen molar-refractivity contribution in [3.8, 4) is 0 Å². The van der Waals surface area contributed by atoms with Crippen molar-refractivity contribution in [3.63, 3.8) is 0 Å². The van der Waals surface area contributed by atoms with Crippen LogP contribution in [0.4, 0.5) is 11.4 Å². The molecule has 0 aliphatic rings. The summed E-state index contributed by atoms with van der Waals surface area (Å²) in [5.74, 6) is 0.561. The lowest BCUT2D eigenvalue weighted by molar-refractivity contribution is -0.678. The van der Waals surface area contributed by atoms with E-state index in [2.05, 4.69) is 5.32 Å². The van der Waals surface area contributed by atoms with Crippen LogP contribution in [0.5, 0.6) is 0 Å². The summed E-state index contributed by atoms with van der Waals surface area (Å²) in [5, 5.41) is 15.3. The van der Waals surface area contributed by atoms with E-state index in [1.165, 1.54) is 24.3 Å². The lowest BCUT2D eigenvalue weighted by atomic mass is 10.0. The number of carbonyl (C=O) groups excluding carboxylic acids is 1. The molecule has 1 aromatic heterocycles. The van der Waals surface area contributed by atoms with Crippen molar-refractivity contribution >= 4 is 17.3 Å². The molecule has 3 N–H and O–H groups in total. The van der Waals surface area contributed by atoms with Crippen LogP contribution < -0.4 is 10.6 Å². The number of nitro groups is 1. The van der Waals surface area contributed by atoms with Gasteiger partial charge in [-0.15, -0.1) is 0 Å². The van der Waals surface area contributed by atoms with Gasteiger partial charge >= 0.3 is 0 Å². The van der Waals surface area contributed by atoms with Gasteiger partial charge in [-0.2, -0.15) is 0 Å². The van der Waals surface area contributed by atoms with Crippen molar-refractivity contribution in [1.82, 2.24) is 0 Å². The quantitative estimate of drug-likeness (QED) is 0.504. The Bertz CT molecular complexity index is 862. The van der Waals surface area contributed by atoms with Gasteiger partial charge in [0.05, 0.1) is 11.2 Å².